The van der Waals surface area contributed by atoms with Crippen LogP contribution in [0.4, 0.5) is 0 Å². The van der Waals surface area contributed by atoms with Crippen molar-refractivity contribution in [3.63, 3.8) is 0 Å². The summed E-state index contributed by atoms with van der Waals surface area (Å²) < 4.78 is 6.18. The third kappa shape index (κ3) is 5.61. The summed E-state index contributed by atoms with van der Waals surface area (Å²) in [4.78, 5) is 30.0. The summed E-state index contributed by atoms with van der Waals surface area (Å²) in [5.41, 5.74) is 4.65. The molecule has 2 atom stereocenters. The molecule has 1 N–H and O–H groups in total. The number of carbonyl (C=O) groups is 2. The Kier molecular flexibility index (Phi) is 7.57. The molecular formula is C28H37N3O3. The van der Waals surface area contributed by atoms with Crippen molar-refractivity contribution >= 4 is 11.8 Å². The third-order valence-corrected chi connectivity index (χ3v) is 6.75. The van der Waals surface area contributed by atoms with Gasteiger partial charge in [-0.2, -0.15) is 0 Å². The van der Waals surface area contributed by atoms with Gasteiger partial charge in [-0.05, 0) is 75.5 Å². The molecule has 34 heavy (non-hydrogen) atoms. The maximum absolute atomic E-state index is 13.2. The predicted octanol–water partition coefficient (Wildman–Crippen LogP) is 3.71. The normalized spacial score (nSPS) is 18.4. The SMILES string of the molecule is CC[C@H](Oc1ccc2c(c1)[C@@H](c1ccc(C)cc1)N(C(=O)C1CC1)CC2)C(=O)NCCN(C)C. The van der Waals surface area contributed by atoms with E-state index in [-0.39, 0.29) is 23.8 Å². The molecule has 6 heteroatoms. The Hall–Kier alpha value is -2.86. The number of ether oxygens (including phenoxy) is 1. The quantitative estimate of drug-likeness (QED) is 0.616. The lowest BCUT2D eigenvalue weighted by molar-refractivity contribution is -0.134. The van der Waals surface area contributed by atoms with E-state index in [1.165, 1.54) is 11.1 Å². The van der Waals surface area contributed by atoms with E-state index < -0.39 is 6.10 Å². The Morgan fingerprint density at radius 3 is 2.53 bits per heavy atom. The molecule has 0 radical (unpaired) electrons. The minimum atomic E-state index is -0.550. The zero-order valence-electron chi connectivity index (χ0n) is 20.8. The van der Waals surface area contributed by atoms with E-state index in [0.29, 0.717) is 18.7 Å². The Bertz CT molecular complexity index is 1010. The van der Waals surface area contributed by atoms with Crippen molar-refractivity contribution < 1.29 is 14.3 Å². The van der Waals surface area contributed by atoms with Gasteiger partial charge in [-0.25, -0.2) is 0 Å². The van der Waals surface area contributed by atoms with Gasteiger partial charge in [0.15, 0.2) is 6.10 Å². The average Bonchev–Trinajstić information content (AvgIpc) is 3.67. The first-order chi connectivity index (χ1) is 16.4. The van der Waals surface area contributed by atoms with Crippen LogP contribution in [0.2, 0.25) is 0 Å². The Morgan fingerprint density at radius 1 is 1.15 bits per heavy atom. The summed E-state index contributed by atoms with van der Waals surface area (Å²) in [5, 5.41) is 2.97. The monoisotopic (exact) mass is 463 g/mol. The summed E-state index contributed by atoms with van der Waals surface area (Å²) in [6, 6.07) is 14.4. The van der Waals surface area contributed by atoms with Crippen molar-refractivity contribution in [2.45, 2.75) is 51.7 Å². The maximum atomic E-state index is 13.2. The Balaban J connectivity index is 1.59. The average molecular weight is 464 g/mol. The van der Waals surface area contributed by atoms with E-state index in [0.717, 1.165) is 43.5 Å². The number of carbonyl (C=O) groups excluding carboxylic acids is 2. The number of benzene rings is 2. The Labute approximate surface area is 203 Å². The fourth-order valence-corrected chi connectivity index (χ4v) is 4.58. The lowest BCUT2D eigenvalue weighted by Crippen LogP contribution is -2.42. The van der Waals surface area contributed by atoms with Gasteiger partial charge < -0.3 is 19.9 Å². The van der Waals surface area contributed by atoms with Gasteiger partial charge in [0.1, 0.15) is 5.75 Å². The highest BCUT2D eigenvalue weighted by molar-refractivity contribution is 5.82. The molecule has 2 aliphatic rings. The molecule has 1 aliphatic heterocycles. The molecule has 6 nitrogen and oxygen atoms in total. The van der Waals surface area contributed by atoms with Gasteiger partial charge in [0.25, 0.3) is 5.91 Å². The van der Waals surface area contributed by atoms with Crippen molar-refractivity contribution in [3.05, 3.63) is 64.7 Å². The zero-order valence-corrected chi connectivity index (χ0v) is 20.8. The second-order valence-electron chi connectivity index (χ2n) is 9.84. The van der Waals surface area contributed by atoms with Gasteiger partial charge in [-0.15, -0.1) is 0 Å². The van der Waals surface area contributed by atoms with Crippen LogP contribution in [0.5, 0.6) is 5.75 Å². The summed E-state index contributed by atoms with van der Waals surface area (Å²) >= 11 is 0. The molecule has 182 valence electrons. The van der Waals surface area contributed by atoms with Crippen molar-refractivity contribution in [2.24, 2.45) is 5.92 Å². The Morgan fingerprint density at radius 2 is 1.88 bits per heavy atom. The largest absolute Gasteiger partial charge is 0.481 e. The van der Waals surface area contributed by atoms with E-state index in [1.807, 2.05) is 38.1 Å². The summed E-state index contributed by atoms with van der Waals surface area (Å²) in [6.45, 7) is 6.13. The van der Waals surface area contributed by atoms with Crippen molar-refractivity contribution in [3.8, 4) is 5.75 Å². The minimum Gasteiger partial charge on any atom is -0.481 e. The minimum absolute atomic E-state index is 0.0947. The molecule has 0 bridgehead atoms. The smallest absolute Gasteiger partial charge is 0.261 e. The zero-order chi connectivity index (χ0) is 24.2. The number of aryl methyl sites for hydroxylation is 1. The first-order valence-electron chi connectivity index (χ1n) is 12.5. The van der Waals surface area contributed by atoms with Crippen molar-refractivity contribution in [1.82, 2.24) is 15.1 Å². The molecule has 0 spiro atoms. The first-order valence-corrected chi connectivity index (χ1v) is 12.5. The second kappa shape index (κ2) is 10.6. The van der Waals surface area contributed by atoms with E-state index in [2.05, 4.69) is 47.5 Å². The van der Waals surface area contributed by atoms with Crippen LogP contribution < -0.4 is 10.1 Å². The number of amides is 2. The van der Waals surface area contributed by atoms with Crippen LogP contribution in [0.15, 0.2) is 42.5 Å². The predicted molar refractivity (Wildman–Crippen MR) is 134 cm³/mol. The summed E-state index contributed by atoms with van der Waals surface area (Å²) in [6.07, 6.45) is 2.85. The lowest BCUT2D eigenvalue weighted by Gasteiger charge is -2.38. The van der Waals surface area contributed by atoms with E-state index in [1.54, 1.807) is 0 Å². The van der Waals surface area contributed by atoms with Crippen LogP contribution in [0.1, 0.15) is 54.5 Å². The topological polar surface area (TPSA) is 61.9 Å². The number of hydrogen-bond donors (Lipinski definition) is 1. The molecule has 4 rings (SSSR count). The van der Waals surface area contributed by atoms with Crippen LogP contribution in [-0.4, -0.2) is 61.4 Å². The fraction of sp³-hybridized carbons (Fsp3) is 0.500. The fourth-order valence-electron chi connectivity index (χ4n) is 4.58. The van der Waals surface area contributed by atoms with E-state index in [4.69, 9.17) is 4.74 Å². The van der Waals surface area contributed by atoms with Crippen LogP contribution in [0.3, 0.4) is 0 Å². The van der Waals surface area contributed by atoms with Gasteiger partial charge >= 0.3 is 0 Å². The molecule has 2 amide bonds. The molecule has 1 heterocycles. The van der Waals surface area contributed by atoms with E-state index in [9.17, 15) is 9.59 Å². The second-order valence-corrected chi connectivity index (χ2v) is 9.84. The van der Waals surface area contributed by atoms with Crippen LogP contribution in [0.25, 0.3) is 0 Å². The number of fused-ring (bicyclic) bond motifs is 1. The molecular weight excluding hydrogens is 426 g/mol. The van der Waals surface area contributed by atoms with Gasteiger partial charge in [0.05, 0.1) is 6.04 Å². The lowest BCUT2D eigenvalue weighted by atomic mass is 9.87. The highest BCUT2D eigenvalue weighted by Gasteiger charge is 2.39. The highest BCUT2D eigenvalue weighted by Crippen LogP contribution is 2.41. The molecule has 0 aromatic heterocycles. The molecule has 0 saturated heterocycles. The number of likely N-dealkylation sites (N-methyl/N-ethyl adjacent to an activating group) is 1. The molecule has 1 aliphatic carbocycles. The van der Waals surface area contributed by atoms with Crippen molar-refractivity contribution in [2.75, 3.05) is 33.7 Å². The molecule has 2 aromatic rings. The van der Waals surface area contributed by atoms with Gasteiger partial charge in [0.2, 0.25) is 5.91 Å². The molecule has 1 saturated carbocycles. The van der Waals surface area contributed by atoms with Gasteiger partial charge in [-0.3, -0.25) is 9.59 Å². The molecule has 1 fully saturated rings. The standard InChI is InChI=1S/C28H37N3O3/c1-5-25(27(32)29-15-17-30(3)4)34-23-13-12-20-14-16-31(28(33)22-10-11-22)26(24(20)18-23)21-8-6-19(2)7-9-21/h6-9,12-13,18,22,25-26H,5,10-11,14-17H2,1-4H3,(H,29,32)/t25-,26+/m0/s1. The van der Waals surface area contributed by atoms with Crippen molar-refractivity contribution in [1.29, 1.82) is 0 Å². The van der Waals surface area contributed by atoms with Crippen LogP contribution >= 0.6 is 0 Å². The van der Waals surface area contributed by atoms with Crippen LogP contribution in [-0.2, 0) is 16.0 Å². The summed E-state index contributed by atoms with van der Waals surface area (Å²) in [5.74, 6) is 1.01. The molecule has 2 aromatic carbocycles. The van der Waals surface area contributed by atoms with E-state index >= 15 is 0 Å². The highest BCUT2D eigenvalue weighted by atomic mass is 16.5. The molecule has 0 unspecified atom stereocenters. The van der Waals surface area contributed by atoms with Gasteiger partial charge in [0, 0.05) is 25.6 Å². The third-order valence-electron chi connectivity index (χ3n) is 6.75. The number of nitrogens with one attached hydrogen (secondary N) is 1. The maximum Gasteiger partial charge on any atom is 0.261 e. The van der Waals surface area contributed by atoms with Gasteiger partial charge in [-0.1, -0.05) is 42.8 Å². The number of hydrogen-bond acceptors (Lipinski definition) is 4. The number of nitrogens with zero attached hydrogens (tertiary/aromatic N) is 2. The number of rotatable bonds is 9. The first kappa shape index (κ1) is 24.3. The summed E-state index contributed by atoms with van der Waals surface area (Å²) in [7, 11) is 3.96. The van der Waals surface area contributed by atoms with Crippen LogP contribution in [0, 0.1) is 12.8 Å².